The van der Waals surface area contributed by atoms with E-state index in [9.17, 15) is 0 Å². The zero-order valence-electron chi connectivity index (χ0n) is 29.9. The van der Waals surface area contributed by atoms with Gasteiger partial charge in [-0.1, -0.05) is 140 Å². The van der Waals surface area contributed by atoms with Crippen molar-refractivity contribution in [3.63, 3.8) is 0 Å². The van der Waals surface area contributed by atoms with Gasteiger partial charge in [0.25, 0.3) is 0 Å². The van der Waals surface area contributed by atoms with E-state index >= 15 is 0 Å². The highest BCUT2D eigenvalue weighted by Gasteiger charge is 2.21. The summed E-state index contributed by atoms with van der Waals surface area (Å²) >= 11 is 0. The predicted octanol–water partition coefficient (Wildman–Crippen LogP) is 14.6. The predicted molar refractivity (Wildman–Crippen MR) is 231 cm³/mol. The fourth-order valence-electron chi connectivity index (χ4n) is 8.51. The van der Waals surface area contributed by atoms with Crippen LogP contribution in [0.15, 0.2) is 211 Å². The fraction of sp³-hybridized carbons (Fsp3) is 0. The zero-order chi connectivity index (χ0) is 36.3. The van der Waals surface area contributed by atoms with Crippen molar-refractivity contribution in [3.05, 3.63) is 206 Å². The third kappa shape index (κ3) is 5.05. The van der Waals surface area contributed by atoms with E-state index in [1.165, 1.54) is 32.8 Å². The van der Waals surface area contributed by atoms with Crippen LogP contribution in [-0.2, 0) is 0 Å². The van der Waals surface area contributed by atoms with Crippen molar-refractivity contribution in [2.24, 2.45) is 0 Å². The van der Waals surface area contributed by atoms with Gasteiger partial charge in [-0.2, -0.15) is 0 Å². The topological polar surface area (TPSA) is 21.3 Å². The Balaban J connectivity index is 1.03. The van der Waals surface area contributed by atoms with Gasteiger partial charge in [-0.15, -0.1) is 0 Å². The van der Waals surface area contributed by atoms with Crippen LogP contribution >= 0.6 is 0 Å². The number of furan rings is 1. The van der Waals surface area contributed by atoms with Gasteiger partial charge in [0.15, 0.2) is 0 Å². The lowest BCUT2D eigenvalue weighted by molar-refractivity contribution is 0.673. The fourth-order valence-corrected chi connectivity index (χ4v) is 8.51. The molecule has 11 rings (SSSR count). The molecule has 0 saturated carbocycles. The SMILES string of the molecule is c1ccc(N(c2ccc(-c3cccc(-n4c5ccccc5c5ccccc54)c3)cc2)c2ccccc2-c2cccc3oc4c5ccccc5ccc4c23)cc1. The monoisotopic (exact) mass is 702 g/mol. The van der Waals surface area contributed by atoms with Crippen LogP contribution in [0.4, 0.5) is 17.1 Å². The highest BCUT2D eigenvalue weighted by atomic mass is 16.3. The molecule has 258 valence electrons. The molecule has 0 N–H and O–H groups in total. The van der Waals surface area contributed by atoms with Crippen molar-refractivity contribution in [2.45, 2.75) is 0 Å². The van der Waals surface area contributed by atoms with Crippen LogP contribution in [0.25, 0.3) is 82.5 Å². The molecule has 3 heteroatoms. The number of para-hydroxylation sites is 4. The van der Waals surface area contributed by atoms with Gasteiger partial charge in [-0.05, 0) is 88.8 Å². The molecule has 55 heavy (non-hydrogen) atoms. The number of rotatable bonds is 6. The zero-order valence-corrected chi connectivity index (χ0v) is 29.9. The van der Waals surface area contributed by atoms with Gasteiger partial charge < -0.3 is 13.9 Å². The van der Waals surface area contributed by atoms with E-state index in [0.717, 1.165) is 66.8 Å². The van der Waals surface area contributed by atoms with E-state index in [1.54, 1.807) is 0 Å². The first-order valence-corrected chi connectivity index (χ1v) is 18.8. The van der Waals surface area contributed by atoms with Crippen LogP contribution < -0.4 is 4.90 Å². The molecule has 0 amide bonds. The first kappa shape index (κ1) is 31.2. The minimum Gasteiger partial charge on any atom is -0.455 e. The molecule has 0 fully saturated rings. The summed E-state index contributed by atoms with van der Waals surface area (Å²) in [7, 11) is 0. The molecular weight excluding hydrogens is 669 g/mol. The summed E-state index contributed by atoms with van der Waals surface area (Å²) < 4.78 is 8.99. The second-order valence-corrected chi connectivity index (χ2v) is 14.1. The molecule has 0 radical (unpaired) electrons. The Labute approximate surface area is 318 Å². The van der Waals surface area contributed by atoms with E-state index < -0.39 is 0 Å². The quantitative estimate of drug-likeness (QED) is 0.172. The highest BCUT2D eigenvalue weighted by molar-refractivity contribution is 6.19. The van der Waals surface area contributed by atoms with Gasteiger partial charge in [0.2, 0.25) is 0 Å². The molecule has 0 aliphatic carbocycles. The second kappa shape index (κ2) is 12.6. The molecule has 0 aliphatic heterocycles. The van der Waals surface area contributed by atoms with Crippen molar-refractivity contribution in [2.75, 3.05) is 4.90 Å². The highest BCUT2D eigenvalue weighted by Crippen LogP contribution is 2.46. The Hall–Kier alpha value is -7.36. The average Bonchev–Trinajstić information content (AvgIpc) is 3.81. The Kier molecular flexibility index (Phi) is 7.17. The number of hydrogen-bond acceptors (Lipinski definition) is 2. The lowest BCUT2D eigenvalue weighted by Gasteiger charge is -2.28. The van der Waals surface area contributed by atoms with Crippen LogP contribution in [0.2, 0.25) is 0 Å². The van der Waals surface area contributed by atoms with Gasteiger partial charge >= 0.3 is 0 Å². The maximum absolute atomic E-state index is 6.61. The average molecular weight is 703 g/mol. The summed E-state index contributed by atoms with van der Waals surface area (Å²) in [6.45, 7) is 0. The number of fused-ring (bicyclic) bond motifs is 8. The van der Waals surface area contributed by atoms with Crippen molar-refractivity contribution in [1.82, 2.24) is 4.57 Å². The van der Waals surface area contributed by atoms with Crippen molar-refractivity contribution >= 4 is 71.6 Å². The van der Waals surface area contributed by atoms with Crippen molar-refractivity contribution < 1.29 is 4.42 Å². The summed E-state index contributed by atoms with van der Waals surface area (Å²) in [4.78, 5) is 2.37. The lowest BCUT2D eigenvalue weighted by atomic mass is 9.96. The second-order valence-electron chi connectivity index (χ2n) is 14.1. The third-order valence-electron chi connectivity index (χ3n) is 11.0. The van der Waals surface area contributed by atoms with Crippen LogP contribution in [0, 0.1) is 0 Å². The van der Waals surface area contributed by atoms with E-state index in [4.69, 9.17) is 4.42 Å². The van der Waals surface area contributed by atoms with E-state index in [1.807, 2.05) is 0 Å². The van der Waals surface area contributed by atoms with E-state index in [0.29, 0.717) is 0 Å². The Morgan fingerprint density at radius 2 is 1.04 bits per heavy atom. The van der Waals surface area contributed by atoms with Gasteiger partial charge in [0, 0.05) is 49.6 Å². The van der Waals surface area contributed by atoms with E-state index in [2.05, 4.69) is 216 Å². The van der Waals surface area contributed by atoms with Crippen LogP contribution in [0.1, 0.15) is 0 Å². The molecule has 2 aromatic heterocycles. The first-order chi connectivity index (χ1) is 27.3. The van der Waals surface area contributed by atoms with Crippen LogP contribution in [-0.4, -0.2) is 4.57 Å². The number of benzene rings is 9. The summed E-state index contributed by atoms with van der Waals surface area (Å²) in [6, 6.07) is 73.8. The summed E-state index contributed by atoms with van der Waals surface area (Å²) in [5.41, 5.74) is 13.2. The summed E-state index contributed by atoms with van der Waals surface area (Å²) in [6.07, 6.45) is 0. The number of nitrogens with zero attached hydrogens (tertiary/aromatic N) is 2. The Morgan fingerprint density at radius 1 is 0.400 bits per heavy atom. The molecule has 11 aromatic rings. The molecule has 0 saturated heterocycles. The van der Waals surface area contributed by atoms with Crippen molar-refractivity contribution in [1.29, 1.82) is 0 Å². The molecular formula is C52H34N2O. The normalized spacial score (nSPS) is 11.6. The molecule has 2 heterocycles. The van der Waals surface area contributed by atoms with E-state index in [-0.39, 0.29) is 0 Å². The number of hydrogen-bond donors (Lipinski definition) is 0. The minimum absolute atomic E-state index is 0.886. The van der Waals surface area contributed by atoms with Gasteiger partial charge in [-0.3, -0.25) is 0 Å². The van der Waals surface area contributed by atoms with Crippen molar-refractivity contribution in [3.8, 4) is 27.9 Å². The van der Waals surface area contributed by atoms with Crippen LogP contribution in [0.5, 0.6) is 0 Å². The van der Waals surface area contributed by atoms with Gasteiger partial charge in [-0.25, -0.2) is 0 Å². The number of anilines is 3. The minimum atomic E-state index is 0.886. The largest absolute Gasteiger partial charge is 0.455 e. The first-order valence-electron chi connectivity index (χ1n) is 18.8. The molecule has 0 aliphatic rings. The summed E-state index contributed by atoms with van der Waals surface area (Å²) in [5.74, 6) is 0. The van der Waals surface area contributed by atoms with Crippen LogP contribution in [0.3, 0.4) is 0 Å². The lowest BCUT2D eigenvalue weighted by Crippen LogP contribution is -2.11. The maximum atomic E-state index is 6.61. The standard InChI is InChI=1S/C52H34N2O/c1-2-16-38(17-3-1)53(47-24-9-8-22-44(47)45-23-13-27-50-51(45)46-33-30-36-14-4-5-19-41(36)52(46)55-50)39-31-28-35(29-32-39)37-15-12-18-40(34-37)54-48-25-10-6-20-42(48)43-21-7-11-26-49(43)54/h1-34H. The third-order valence-corrected chi connectivity index (χ3v) is 11.0. The number of aromatic nitrogens is 1. The Morgan fingerprint density at radius 3 is 1.84 bits per heavy atom. The maximum Gasteiger partial charge on any atom is 0.143 e. The van der Waals surface area contributed by atoms with Gasteiger partial charge in [0.05, 0.1) is 16.7 Å². The molecule has 0 spiro atoms. The molecule has 9 aromatic carbocycles. The Bertz CT molecular complexity index is 3150. The molecule has 3 nitrogen and oxygen atoms in total. The molecule has 0 unspecified atom stereocenters. The smallest absolute Gasteiger partial charge is 0.143 e. The molecule has 0 bridgehead atoms. The molecule has 0 atom stereocenters. The van der Waals surface area contributed by atoms with Gasteiger partial charge in [0.1, 0.15) is 11.2 Å². The summed E-state index contributed by atoms with van der Waals surface area (Å²) in [5, 5.41) is 7.08.